The number of nitrogens with two attached hydrogens (primary N) is 1. The third-order valence-electron chi connectivity index (χ3n) is 6.47. The Labute approximate surface area is 161 Å². The van der Waals surface area contributed by atoms with E-state index in [1.807, 2.05) is 0 Å². The molecule has 0 aromatic carbocycles. The molecule has 4 bridgehead atoms. The minimum Gasteiger partial charge on any atom is -0.444 e. The number of alkyl carbamates (subject to hydrolysis) is 1. The maximum absolute atomic E-state index is 12.9. The molecule has 4 aliphatic carbocycles. The fourth-order valence-electron chi connectivity index (χ4n) is 5.51. The molecule has 4 N–H and O–H groups in total. The molecule has 2 unspecified atom stereocenters. The Morgan fingerprint density at radius 2 is 1.56 bits per heavy atom. The number of primary amides is 1. The predicted molar refractivity (Wildman–Crippen MR) is 101 cm³/mol. The molecule has 4 fully saturated rings. The van der Waals surface area contributed by atoms with E-state index in [2.05, 4.69) is 10.6 Å². The van der Waals surface area contributed by atoms with Crippen molar-refractivity contribution in [3.05, 3.63) is 0 Å². The average molecular weight is 380 g/mol. The zero-order valence-corrected chi connectivity index (χ0v) is 17.1. The van der Waals surface area contributed by atoms with Crippen LogP contribution >= 0.6 is 0 Å². The average Bonchev–Trinajstić information content (AvgIpc) is 2.47. The second-order valence-electron chi connectivity index (χ2n) is 10.4. The first-order valence-corrected chi connectivity index (χ1v) is 9.93. The van der Waals surface area contributed by atoms with Crippen LogP contribution < -0.4 is 16.4 Å². The van der Waals surface area contributed by atoms with Crippen molar-refractivity contribution >= 4 is 17.9 Å². The summed E-state index contributed by atoms with van der Waals surface area (Å²) in [5, 5.41) is 5.83. The maximum Gasteiger partial charge on any atom is 0.408 e. The van der Waals surface area contributed by atoms with E-state index in [1.54, 1.807) is 34.6 Å². The largest absolute Gasteiger partial charge is 0.444 e. The summed E-state index contributed by atoms with van der Waals surface area (Å²) < 4.78 is 5.27. The number of ether oxygens (including phenoxy) is 1. The smallest absolute Gasteiger partial charge is 0.408 e. The molecule has 0 saturated heterocycles. The molecule has 152 valence electrons. The molecule has 7 nitrogen and oxygen atoms in total. The van der Waals surface area contributed by atoms with Gasteiger partial charge in [0.1, 0.15) is 11.1 Å². The van der Waals surface area contributed by atoms with Crippen LogP contribution in [0, 0.1) is 23.2 Å². The van der Waals surface area contributed by atoms with E-state index >= 15 is 0 Å². The van der Waals surface area contributed by atoms with Crippen molar-refractivity contribution < 1.29 is 19.1 Å². The predicted octanol–water partition coefficient (Wildman–Crippen LogP) is 2.09. The van der Waals surface area contributed by atoms with Gasteiger partial charge < -0.3 is 21.1 Å². The first-order valence-electron chi connectivity index (χ1n) is 9.93. The molecule has 0 aromatic rings. The Hall–Kier alpha value is -1.79. The monoisotopic (exact) mass is 379 g/mol. The lowest BCUT2D eigenvalue weighted by atomic mass is 9.47. The SMILES string of the molecule is CC(C)(C)OC(=O)NC(C)(C)C(=O)NC1C2CC3CC1CC(C(N)=O)(C3)C2. The highest BCUT2D eigenvalue weighted by Crippen LogP contribution is 2.59. The molecular weight excluding hydrogens is 346 g/mol. The number of nitrogens with one attached hydrogen (secondary N) is 2. The molecule has 4 saturated carbocycles. The van der Waals surface area contributed by atoms with Crippen LogP contribution in [0.5, 0.6) is 0 Å². The first kappa shape index (κ1) is 20.0. The molecule has 0 aromatic heterocycles. The minimum atomic E-state index is -1.08. The van der Waals surface area contributed by atoms with Crippen molar-refractivity contribution in [1.82, 2.24) is 10.6 Å². The van der Waals surface area contributed by atoms with Gasteiger partial charge in [0.05, 0.1) is 0 Å². The number of carbonyl (C=O) groups excluding carboxylic acids is 3. The van der Waals surface area contributed by atoms with Gasteiger partial charge in [-0.3, -0.25) is 9.59 Å². The van der Waals surface area contributed by atoms with Gasteiger partial charge in [0.15, 0.2) is 0 Å². The van der Waals surface area contributed by atoms with E-state index in [-0.39, 0.29) is 35.1 Å². The van der Waals surface area contributed by atoms with Crippen LogP contribution in [0.15, 0.2) is 0 Å². The standard InChI is InChI=1S/C20H33N3O4/c1-18(2,3)27-17(26)23-19(4,5)16(25)22-14-12-6-11-7-13(14)10-20(8-11,9-12)15(21)24/h11-14H,6-10H2,1-5H3,(H2,21,24)(H,22,25)(H,23,26). The van der Waals surface area contributed by atoms with Gasteiger partial charge in [-0.1, -0.05) is 0 Å². The Morgan fingerprint density at radius 1 is 1.00 bits per heavy atom. The molecule has 3 amide bonds. The third-order valence-corrected chi connectivity index (χ3v) is 6.47. The van der Waals surface area contributed by atoms with Crippen LogP contribution in [0.4, 0.5) is 4.79 Å². The first-order chi connectivity index (χ1) is 12.3. The summed E-state index contributed by atoms with van der Waals surface area (Å²) in [5.74, 6) is 0.698. The van der Waals surface area contributed by atoms with Crippen molar-refractivity contribution in [3.8, 4) is 0 Å². The van der Waals surface area contributed by atoms with Gasteiger partial charge in [-0.2, -0.15) is 0 Å². The highest BCUT2D eigenvalue weighted by atomic mass is 16.6. The van der Waals surface area contributed by atoms with E-state index in [0.717, 1.165) is 32.1 Å². The number of carbonyl (C=O) groups is 3. The van der Waals surface area contributed by atoms with Crippen LogP contribution in [0.3, 0.4) is 0 Å². The minimum absolute atomic E-state index is 0.0428. The molecule has 0 heterocycles. The molecule has 27 heavy (non-hydrogen) atoms. The summed E-state index contributed by atoms with van der Waals surface area (Å²) in [6.07, 6.45) is 3.90. The Balaban J connectivity index is 1.65. The number of hydrogen-bond acceptors (Lipinski definition) is 4. The summed E-state index contributed by atoms with van der Waals surface area (Å²) in [7, 11) is 0. The van der Waals surface area contributed by atoms with Crippen molar-refractivity contribution in [1.29, 1.82) is 0 Å². The van der Waals surface area contributed by atoms with Gasteiger partial charge in [0, 0.05) is 11.5 Å². The lowest BCUT2D eigenvalue weighted by molar-refractivity contribution is -0.148. The highest BCUT2D eigenvalue weighted by Gasteiger charge is 2.58. The van der Waals surface area contributed by atoms with Crippen molar-refractivity contribution in [3.63, 3.8) is 0 Å². The number of hydrogen-bond donors (Lipinski definition) is 3. The van der Waals surface area contributed by atoms with E-state index in [4.69, 9.17) is 10.5 Å². The van der Waals surface area contributed by atoms with E-state index < -0.39 is 17.2 Å². The van der Waals surface area contributed by atoms with E-state index in [1.165, 1.54) is 0 Å². The van der Waals surface area contributed by atoms with Gasteiger partial charge >= 0.3 is 6.09 Å². The van der Waals surface area contributed by atoms with E-state index in [9.17, 15) is 14.4 Å². The Morgan fingerprint density at radius 3 is 2.04 bits per heavy atom. The normalized spacial score (nSPS) is 34.9. The second kappa shape index (κ2) is 6.38. The topological polar surface area (TPSA) is 111 Å². The number of amides is 3. The zero-order valence-electron chi connectivity index (χ0n) is 17.1. The van der Waals surface area contributed by atoms with Gasteiger partial charge in [-0.15, -0.1) is 0 Å². The van der Waals surface area contributed by atoms with Gasteiger partial charge in [0.25, 0.3) is 0 Å². The van der Waals surface area contributed by atoms with Crippen LogP contribution in [-0.4, -0.2) is 35.1 Å². The van der Waals surface area contributed by atoms with Gasteiger partial charge in [0.2, 0.25) is 11.8 Å². The molecule has 2 atom stereocenters. The summed E-state index contributed by atoms with van der Waals surface area (Å²) in [6, 6.07) is 0.0428. The summed E-state index contributed by atoms with van der Waals surface area (Å²) >= 11 is 0. The van der Waals surface area contributed by atoms with Crippen molar-refractivity contribution in [2.45, 2.75) is 83.9 Å². The van der Waals surface area contributed by atoms with Crippen LogP contribution in [0.1, 0.15) is 66.7 Å². The third kappa shape index (κ3) is 3.92. The molecule has 4 rings (SSSR count). The van der Waals surface area contributed by atoms with Gasteiger partial charge in [-0.05, 0) is 84.5 Å². The molecule has 4 aliphatic rings. The Kier molecular flexibility index (Phi) is 4.72. The summed E-state index contributed by atoms with van der Waals surface area (Å²) in [6.45, 7) is 8.69. The summed E-state index contributed by atoms with van der Waals surface area (Å²) in [5.41, 5.74) is 3.64. The lowest BCUT2D eigenvalue weighted by Crippen LogP contribution is -2.65. The second-order valence-corrected chi connectivity index (χ2v) is 10.4. The fourth-order valence-corrected chi connectivity index (χ4v) is 5.51. The van der Waals surface area contributed by atoms with Crippen LogP contribution in [0.2, 0.25) is 0 Å². The quantitative estimate of drug-likeness (QED) is 0.694. The van der Waals surface area contributed by atoms with Crippen LogP contribution in [-0.2, 0) is 14.3 Å². The van der Waals surface area contributed by atoms with Crippen LogP contribution in [0.25, 0.3) is 0 Å². The lowest BCUT2D eigenvalue weighted by Gasteiger charge is -2.59. The van der Waals surface area contributed by atoms with Gasteiger partial charge in [-0.25, -0.2) is 4.79 Å². The summed E-state index contributed by atoms with van der Waals surface area (Å²) in [4.78, 5) is 37.0. The zero-order chi connectivity index (χ0) is 20.2. The Bertz CT molecular complexity index is 636. The molecular formula is C20H33N3O4. The van der Waals surface area contributed by atoms with E-state index in [0.29, 0.717) is 5.92 Å². The van der Waals surface area contributed by atoms with Crippen molar-refractivity contribution in [2.24, 2.45) is 28.9 Å². The molecule has 7 heteroatoms. The maximum atomic E-state index is 12.9. The van der Waals surface area contributed by atoms with Crippen molar-refractivity contribution in [2.75, 3.05) is 0 Å². The molecule has 0 radical (unpaired) electrons. The molecule has 0 spiro atoms. The number of rotatable bonds is 4. The molecule has 0 aliphatic heterocycles. The highest BCUT2D eigenvalue weighted by molar-refractivity contribution is 5.89. The fraction of sp³-hybridized carbons (Fsp3) is 0.850.